The summed E-state index contributed by atoms with van der Waals surface area (Å²) in [5.41, 5.74) is 0.942. The molecule has 2 aromatic rings. The first kappa shape index (κ1) is 20.0. The molecule has 0 bridgehead atoms. The van der Waals surface area contributed by atoms with Gasteiger partial charge < -0.3 is 9.64 Å². The number of nitrogens with zero attached hydrogens (tertiary/aromatic N) is 3. The fourth-order valence-corrected chi connectivity index (χ4v) is 5.56. The van der Waals surface area contributed by atoms with E-state index in [1.165, 1.54) is 44.9 Å². The van der Waals surface area contributed by atoms with Crippen molar-refractivity contribution in [3.63, 3.8) is 0 Å². The topological polar surface area (TPSA) is 59.8 Å². The zero-order chi connectivity index (χ0) is 20.5. The number of piperidine rings is 1. The van der Waals surface area contributed by atoms with Gasteiger partial charge in [0.1, 0.15) is 0 Å². The average molecular weight is 412 g/mol. The Bertz CT molecular complexity index is 991. The lowest BCUT2D eigenvalue weighted by atomic mass is 9.93. The van der Waals surface area contributed by atoms with Crippen LogP contribution in [0.2, 0.25) is 0 Å². The Morgan fingerprint density at radius 3 is 2.10 bits per heavy atom. The van der Waals surface area contributed by atoms with E-state index in [0.717, 1.165) is 37.0 Å². The maximum Gasteiger partial charge on any atom is 0.317 e. The van der Waals surface area contributed by atoms with Gasteiger partial charge in [-0.15, -0.1) is 0 Å². The summed E-state index contributed by atoms with van der Waals surface area (Å²) in [6.45, 7) is 3.18. The first-order valence-corrected chi connectivity index (χ1v) is 11.8. The van der Waals surface area contributed by atoms with Crippen molar-refractivity contribution >= 4 is 11.0 Å². The molecule has 0 amide bonds. The Morgan fingerprint density at radius 1 is 0.800 bits per heavy atom. The SMILES string of the molecule is O=c1c(=O)n(C2CCN(C3CCCCCCC3)CC2)c2ccccc2n1CC1CO1. The van der Waals surface area contributed by atoms with E-state index in [0.29, 0.717) is 19.2 Å². The van der Waals surface area contributed by atoms with E-state index < -0.39 is 5.56 Å². The molecule has 0 spiro atoms. The Hall–Kier alpha value is -1.92. The largest absolute Gasteiger partial charge is 0.371 e. The van der Waals surface area contributed by atoms with Crippen molar-refractivity contribution in [1.82, 2.24) is 14.0 Å². The lowest BCUT2D eigenvalue weighted by Gasteiger charge is -2.39. The van der Waals surface area contributed by atoms with Crippen LogP contribution in [0.3, 0.4) is 0 Å². The van der Waals surface area contributed by atoms with Crippen molar-refractivity contribution in [3.05, 3.63) is 45.0 Å². The highest BCUT2D eigenvalue weighted by Crippen LogP contribution is 2.29. The third-order valence-corrected chi connectivity index (χ3v) is 7.32. The Morgan fingerprint density at radius 2 is 1.43 bits per heavy atom. The van der Waals surface area contributed by atoms with Gasteiger partial charge in [0.05, 0.1) is 30.3 Å². The molecule has 0 N–H and O–H groups in total. The second-order valence-electron chi connectivity index (χ2n) is 9.30. The molecule has 1 saturated carbocycles. The predicted molar refractivity (Wildman–Crippen MR) is 118 cm³/mol. The molecule has 1 aromatic carbocycles. The molecule has 5 rings (SSSR count). The zero-order valence-electron chi connectivity index (χ0n) is 17.8. The number of epoxide rings is 1. The van der Waals surface area contributed by atoms with E-state index in [1.54, 1.807) is 9.13 Å². The van der Waals surface area contributed by atoms with E-state index >= 15 is 0 Å². The van der Waals surface area contributed by atoms with Crippen molar-refractivity contribution in [2.75, 3.05) is 19.7 Å². The molecule has 2 saturated heterocycles. The quantitative estimate of drug-likeness (QED) is 0.572. The fraction of sp³-hybridized carbons (Fsp3) is 0.667. The van der Waals surface area contributed by atoms with Crippen LogP contribution in [-0.4, -0.2) is 45.9 Å². The summed E-state index contributed by atoms with van der Waals surface area (Å²) in [5, 5.41) is 0. The second kappa shape index (κ2) is 8.67. The summed E-state index contributed by atoms with van der Waals surface area (Å²) in [4.78, 5) is 28.8. The highest BCUT2D eigenvalue weighted by atomic mass is 16.6. The van der Waals surface area contributed by atoms with E-state index in [2.05, 4.69) is 4.90 Å². The number of hydrogen-bond donors (Lipinski definition) is 0. The molecule has 1 aliphatic carbocycles. The molecule has 162 valence electrons. The summed E-state index contributed by atoms with van der Waals surface area (Å²) in [7, 11) is 0. The van der Waals surface area contributed by atoms with Crippen molar-refractivity contribution < 1.29 is 4.74 Å². The van der Waals surface area contributed by atoms with Gasteiger partial charge in [0.15, 0.2) is 0 Å². The number of hydrogen-bond acceptors (Lipinski definition) is 4. The Kier molecular flexibility index (Phi) is 5.79. The van der Waals surface area contributed by atoms with E-state index in [-0.39, 0.29) is 17.7 Å². The standard InChI is InChI=1S/C24H33N3O3/c28-23-24(29)27(22-11-7-6-10-21(22)26(23)16-20-17-30-20)19-12-14-25(15-13-19)18-8-4-2-1-3-5-9-18/h6-7,10-11,18-20H,1-5,8-9,12-17H2. The second-order valence-corrected chi connectivity index (χ2v) is 9.30. The van der Waals surface area contributed by atoms with Gasteiger partial charge in [-0.3, -0.25) is 18.7 Å². The smallest absolute Gasteiger partial charge is 0.317 e. The third-order valence-electron chi connectivity index (χ3n) is 7.32. The molecule has 0 radical (unpaired) electrons. The van der Waals surface area contributed by atoms with Crippen LogP contribution in [-0.2, 0) is 11.3 Å². The third kappa shape index (κ3) is 4.00. The molecule has 6 nitrogen and oxygen atoms in total. The van der Waals surface area contributed by atoms with E-state index in [4.69, 9.17) is 4.74 Å². The number of aromatic nitrogens is 2. The van der Waals surface area contributed by atoms with Crippen LogP contribution in [0.25, 0.3) is 11.0 Å². The van der Waals surface area contributed by atoms with Gasteiger partial charge in [0, 0.05) is 25.2 Å². The van der Waals surface area contributed by atoms with Crippen LogP contribution in [0.5, 0.6) is 0 Å². The van der Waals surface area contributed by atoms with Crippen LogP contribution < -0.4 is 11.1 Å². The number of likely N-dealkylation sites (tertiary alicyclic amines) is 1. The molecular weight excluding hydrogens is 378 g/mol. The van der Waals surface area contributed by atoms with Gasteiger partial charge in [0.2, 0.25) is 0 Å². The monoisotopic (exact) mass is 411 g/mol. The average Bonchev–Trinajstić information content (AvgIpc) is 3.56. The molecule has 1 unspecified atom stereocenters. The number of ether oxygens (including phenoxy) is 1. The minimum atomic E-state index is -0.411. The summed E-state index contributed by atoms with van der Waals surface area (Å²) in [5.74, 6) is 0. The molecule has 3 fully saturated rings. The number of fused-ring (bicyclic) bond motifs is 1. The van der Waals surface area contributed by atoms with E-state index in [1.807, 2.05) is 24.3 Å². The first-order chi connectivity index (χ1) is 14.7. The molecule has 3 heterocycles. The predicted octanol–water partition coefficient (Wildman–Crippen LogP) is 3.31. The van der Waals surface area contributed by atoms with Gasteiger partial charge in [-0.1, -0.05) is 44.2 Å². The number of para-hydroxylation sites is 2. The summed E-state index contributed by atoms with van der Waals surface area (Å²) in [6.07, 6.45) is 11.4. The van der Waals surface area contributed by atoms with Crippen LogP contribution in [0.4, 0.5) is 0 Å². The summed E-state index contributed by atoms with van der Waals surface area (Å²) in [6, 6.07) is 8.65. The molecule has 2 aliphatic heterocycles. The molecule has 3 aliphatic rings. The van der Waals surface area contributed by atoms with Crippen molar-refractivity contribution in [1.29, 1.82) is 0 Å². The van der Waals surface area contributed by atoms with Crippen LogP contribution in [0.1, 0.15) is 63.8 Å². The summed E-state index contributed by atoms with van der Waals surface area (Å²) < 4.78 is 8.74. The van der Waals surface area contributed by atoms with E-state index in [9.17, 15) is 9.59 Å². The minimum absolute atomic E-state index is 0.0633. The number of rotatable bonds is 4. The van der Waals surface area contributed by atoms with Gasteiger partial charge >= 0.3 is 11.1 Å². The van der Waals surface area contributed by atoms with Crippen LogP contribution in [0, 0.1) is 0 Å². The Balaban J connectivity index is 1.40. The van der Waals surface area contributed by atoms with Gasteiger partial charge in [-0.2, -0.15) is 0 Å². The fourth-order valence-electron chi connectivity index (χ4n) is 5.56. The first-order valence-electron chi connectivity index (χ1n) is 11.8. The lowest BCUT2D eigenvalue weighted by Crippen LogP contribution is -2.47. The number of benzene rings is 1. The Labute approximate surface area is 177 Å². The molecule has 30 heavy (non-hydrogen) atoms. The summed E-state index contributed by atoms with van der Waals surface area (Å²) >= 11 is 0. The zero-order valence-corrected chi connectivity index (χ0v) is 17.8. The van der Waals surface area contributed by atoms with Gasteiger partial charge in [-0.25, -0.2) is 0 Å². The molecule has 1 atom stereocenters. The molecule has 1 aromatic heterocycles. The normalized spacial score (nSPS) is 24.6. The van der Waals surface area contributed by atoms with Crippen LogP contribution in [0.15, 0.2) is 33.9 Å². The van der Waals surface area contributed by atoms with Gasteiger partial charge in [-0.05, 0) is 37.8 Å². The highest BCUT2D eigenvalue weighted by Gasteiger charge is 2.30. The van der Waals surface area contributed by atoms with Crippen molar-refractivity contribution in [2.45, 2.75) is 82.5 Å². The molecular formula is C24H33N3O3. The van der Waals surface area contributed by atoms with Gasteiger partial charge in [0.25, 0.3) is 0 Å². The highest BCUT2D eigenvalue weighted by molar-refractivity contribution is 5.75. The maximum absolute atomic E-state index is 13.1. The lowest BCUT2D eigenvalue weighted by molar-refractivity contribution is 0.115. The molecule has 6 heteroatoms. The van der Waals surface area contributed by atoms with Crippen molar-refractivity contribution in [3.8, 4) is 0 Å². The van der Waals surface area contributed by atoms with Crippen LogP contribution >= 0.6 is 0 Å². The maximum atomic E-state index is 13.1. The minimum Gasteiger partial charge on any atom is -0.371 e. The van der Waals surface area contributed by atoms with Crippen molar-refractivity contribution in [2.24, 2.45) is 0 Å².